The molecule has 0 aliphatic rings. The molecule has 4 N–H and O–H groups in total. The number of aromatic nitrogens is 2. The Hall–Kier alpha value is -3.47. The molecule has 0 aliphatic carbocycles. The van der Waals surface area contributed by atoms with Gasteiger partial charge in [-0.25, -0.2) is 18.7 Å². The van der Waals surface area contributed by atoms with Crippen LogP contribution in [0.3, 0.4) is 0 Å². The van der Waals surface area contributed by atoms with Gasteiger partial charge in [0.05, 0.1) is 6.10 Å². The molecule has 10 heteroatoms. The summed E-state index contributed by atoms with van der Waals surface area (Å²) in [6, 6.07) is 9.14. The number of hydrogen-bond acceptors (Lipinski definition) is 7. The lowest BCUT2D eigenvalue weighted by Gasteiger charge is -2.28. The van der Waals surface area contributed by atoms with Crippen LogP contribution in [0.25, 0.3) is 0 Å². The van der Waals surface area contributed by atoms with Crippen LogP contribution in [0, 0.1) is 18.6 Å². The summed E-state index contributed by atoms with van der Waals surface area (Å²) in [5, 5.41) is 28.1. The molecular weight excluding hydrogens is 504 g/mol. The van der Waals surface area contributed by atoms with Crippen molar-refractivity contribution >= 4 is 11.9 Å². The van der Waals surface area contributed by atoms with E-state index in [0.717, 1.165) is 24.5 Å². The third kappa shape index (κ3) is 9.05. The number of nitrogens with zero attached hydrogens (tertiary/aromatic N) is 3. The number of halogens is 2. The van der Waals surface area contributed by atoms with Crippen molar-refractivity contribution in [2.75, 3.05) is 25.0 Å². The van der Waals surface area contributed by atoms with Crippen molar-refractivity contribution in [2.45, 2.75) is 58.4 Å². The van der Waals surface area contributed by atoms with Crippen molar-refractivity contribution in [2.24, 2.45) is 0 Å². The SMILES string of the molecule is CCCN(CCC)C(=O)c1cc(C)cc(C(O)N[C@@H](Cc2cc(F)cc(F)c2)[C@H](O)CNc2ncccn2)c1. The van der Waals surface area contributed by atoms with E-state index in [1.165, 1.54) is 12.1 Å². The van der Waals surface area contributed by atoms with Crippen LogP contribution < -0.4 is 10.6 Å². The van der Waals surface area contributed by atoms with Crippen molar-refractivity contribution in [3.05, 3.63) is 88.7 Å². The second kappa shape index (κ2) is 14.6. The third-order valence-electron chi connectivity index (χ3n) is 6.19. The average molecular weight is 542 g/mol. The van der Waals surface area contributed by atoms with Crippen LogP contribution in [0.2, 0.25) is 0 Å². The van der Waals surface area contributed by atoms with Gasteiger partial charge in [0.15, 0.2) is 0 Å². The lowest BCUT2D eigenvalue weighted by atomic mass is 9.99. The monoisotopic (exact) mass is 541 g/mol. The van der Waals surface area contributed by atoms with E-state index in [1.54, 1.807) is 41.6 Å². The number of aryl methyl sites for hydroxylation is 1. The van der Waals surface area contributed by atoms with Gasteiger partial charge in [-0.1, -0.05) is 19.9 Å². The van der Waals surface area contributed by atoms with Gasteiger partial charge in [0.1, 0.15) is 17.9 Å². The molecule has 1 unspecified atom stereocenters. The fourth-order valence-electron chi connectivity index (χ4n) is 4.45. The van der Waals surface area contributed by atoms with Crippen LogP contribution in [0.15, 0.2) is 54.9 Å². The molecule has 0 bridgehead atoms. The van der Waals surface area contributed by atoms with Crippen molar-refractivity contribution < 1.29 is 23.8 Å². The molecule has 1 aromatic heterocycles. The Balaban J connectivity index is 1.83. The van der Waals surface area contributed by atoms with Gasteiger partial charge in [0.2, 0.25) is 5.95 Å². The second-order valence-electron chi connectivity index (χ2n) is 9.60. The Morgan fingerprint density at radius 1 is 0.974 bits per heavy atom. The zero-order chi connectivity index (χ0) is 28.4. The first-order chi connectivity index (χ1) is 18.7. The van der Waals surface area contributed by atoms with Gasteiger partial charge in [-0.05, 0) is 73.2 Å². The number of aliphatic hydroxyl groups excluding tert-OH is 2. The van der Waals surface area contributed by atoms with Gasteiger partial charge in [-0.15, -0.1) is 0 Å². The minimum atomic E-state index is -1.27. The third-order valence-corrected chi connectivity index (χ3v) is 6.19. The van der Waals surface area contributed by atoms with Crippen LogP contribution in [0.5, 0.6) is 0 Å². The van der Waals surface area contributed by atoms with Gasteiger partial charge in [-0.3, -0.25) is 10.1 Å². The molecule has 1 heterocycles. The zero-order valence-corrected chi connectivity index (χ0v) is 22.6. The molecule has 0 fully saturated rings. The fourth-order valence-corrected chi connectivity index (χ4v) is 4.45. The molecule has 3 aromatic rings. The van der Waals surface area contributed by atoms with Crippen LogP contribution in [-0.2, 0) is 6.42 Å². The second-order valence-corrected chi connectivity index (χ2v) is 9.60. The van der Waals surface area contributed by atoms with E-state index in [4.69, 9.17) is 0 Å². The number of carbonyl (C=O) groups is 1. The van der Waals surface area contributed by atoms with Gasteiger partial charge in [-0.2, -0.15) is 0 Å². The maximum absolute atomic E-state index is 13.9. The number of amides is 1. The zero-order valence-electron chi connectivity index (χ0n) is 22.6. The van der Waals surface area contributed by atoms with E-state index in [2.05, 4.69) is 20.6 Å². The predicted molar refractivity (Wildman–Crippen MR) is 146 cm³/mol. The highest BCUT2D eigenvalue weighted by Gasteiger charge is 2.25. The minimum absolute atomic E-state index is 0.00669. The number of carbonyl (C=O) groups excluding carboxylic acids is 1. The highest BCUT2D eigenvalue weighted by molar-refractivity contribution is 5.94. The molecule has 210 valence electrons. The summed E-state index contributed by atoms with van der Waals surface area (Å²) < 4.78 is 27.8. The van der Waals surface area contributed by atoms with E-state index in [-0.39, 0.29) is 18.9 Å². The minimum Gasteiger partial charge on any atom is -0.390 e. The van der Waals surface area contributed by atoms with E-state index in [1.807, 2.05) is 20.8 Å². The fraction of sp³-hybridized carbons (Fsp3) is 0.414. The van der Waals surface area contributed by atoms with Gasteiger partial charge < -0.3 is 20.4 Å². The van der Waals surface area contributed by atoms with Crippen LogP contribution in [-0.4, -0.2) is 62.8 Å². The predicted octanol–water partition coefficient (Wildman–Crippen LogP) is 3.99. The Labute approximate surface area is 228 Å². The standard InChI is InChI=1S/C29H37F2N5O3/c1-4-9-36(10-5-2)28(39)22-12-19(3)11-21(16-22)27(38)35-25(15-20-13-23(30)17-24(31)14-20)26(37)18-34-29-32-7-6-8-33-29/h6-8,11-14,16-17,25-27,35,37-38H,4-5,9-10,15,18H2,1-3H3,(H,32,33,34)/t25-,26+,27?/m0/s1. The Morgan fingerprint density at radius 2 is 1.62 bits per heavy atom. The number of hydrogen-bond donors (Lipinski definition) is 4. The maximum Gasteiger partial charge on any atom is 0.253 e. The topological polar surface area (TPSA) is 111 Å². The summed E-state index contributed by atoms with van der Waals surface area (Å²) >= 11 is 0. The molecule has 3 rings (SSSR count). The van der Waals surface area contributed by atoms with Crippen molar-refractivity contribution in [3.8, 4) is 0 Å². The van der Waals surface area contributed by atoms with Crippen molar-refractivity contribution in [1.82, 2.24) is 20.2 Å². The van der Waals surface area contributed by atoms with E-state index in [9.17, 15) is 23.8 Å². The lowest BCUT2D eigenvalue weighted by molar-refractivity contribution is 0.0697. The van der Waals surface area contributed by atoms with Gasteiger partial charge in [0, 0.05) is 49.7 Å². The molecule has 0 saturated carbocycles. The first-order valence-corrected chi connectivity index (χ1v) is 13.2. The smallest absolute Gasteiger partial charge is 0.253 e. The number of anilines is 1. The van der Waals surface area contributed by atoms with Gasteiger partial charge >= 0.3 is 0 Å². The summed E-state index contributed by atoms with van der Waals surface area (Å²) in [6.07, 6.45) is 2.40. The first kappa shape index (κ1) is 30.1. The molecule has 0 radical (unpaired) electrons. The highest BCUT2D eigenvalue weighted by Crippen LogP contribution is 2.20. The maximum atomic E-state index is 13.9. The Kier molecular flexibility index (Phi) is 11.3. The number of benzene rings is 2. The van der Waals surface area contributed by atoms with Crippen LogP contribution in [0.4, 0.5) is 14.7 Å². The Bertz CT molecular complexity index is 1190. The van der Waals surface area contributed by atoms with Crippen LogP contribution in [0.1, 0.15) is 60.0 Å². The molecule has 0 saturated heterocycles. The number of rotatable bonds is 14. The molecular formula is C29H37F2N5O3. The highest BCUT2D eigenvalue weighted by atomic mass is 19.1. The average Bonchev–Trinajstić information content (AvgIpc) is 2.90. The summed E-state index contributed by atoms with van der Waals surface area (Å²) in [5.41, 5.74) is 1.99. The lowest BCUT2D eigenvalue weighted by Crippen LogP contribution is -2.46. The normalized spacial score (nSPS) is 13.5. The number of nitrogens with one attached hydrogen (secondary N) is 2. The largest absolute Gasteiger partial charge is 0.390 e. The molecule has 0 spiro atoms. The molecule has 0 aliphatic heterocycles. The summed E-state index contributed by atoms with van der Waals surface area (Å²) in [5.74, 6) is -1.28. The molecule has 3 atom stereocenters. The van der Waals surface area contributed by atoms with Crippen molar-refractivity contribution in [3.63, 3.8) is 0 Å². The molecule has 8 nitrogen and oxygen atoms in total. The quantitative estimate of drug-likeness (QED) is 0.229. The van der Waals surface area contributed by atoms with E-state index in [0.29, 0.717) is 35.7 Å². The first-order valence-electron chi connectivity index (χ1n) is 13.2. The summed E-state index contributed by atoms with van der Waals surface area (Å²) in [6.45, 7) is 7.13. The number of aliphatic hydroxyl groups is 2. The van der Waals surface area contributed by atoms with Gasteiger partial charge in [0.25, 0.3) is 5.91 Å². The van der Waals surface area contributed by atoms with Crippen LogP contribution >= 0.6 is 0 Å². The molecule has 39 heavy (non-hydrogen) atoms. The Morgan fingerprint density at radius 3 is 2.23 bits per heavy atom. The molecule has 2 aromatic carbocycles. The van der Waals surface area contributed by atoms with Crippen molar-refractivity contribution in [1.29, 1.82) is 0 Å². The van der Waals surface area contributed by atoms with E-state index >= 15 is 0 Å². The summed E-state index contributed by atoms with van der Waals surface area (Å²) in [4.78, 5) is 23.1. The molecule has 1 amide bonds. The summed E-state index contributed by atoms with van der Waals surface area (Å²) in [7, 11) is 0. The van der Waals surface area contributed by atoms with E-state index < -0.39 is 30.0 Å².